The van der Waals surface area contributed by atoms with E-state index in [2.05, 4.69) is 9.73 Å². The Hall–Kier alpha value is -2.08. The molecule has 0 fully saturated rings. The second-order valence-electron chi connectivity index (χ2n) is 4.23. The van der Waals surface area contributed by atoms with Crippen LogP contribution in [0.1, 0.15) is 12.0 Å². The van der Waals surface area contributed by atoms with Crippen LogP contribution in [0, 0.1) is 0 Å². The largest absolute Gasteiger partial charge is 0.494 e. The molecule has 1 atom stereocenters. The number of aliphatic hydroxyl groups is 1. The topological polar surface area (TPSA) is 77.4 Å². The second-order valence-corrected chi connectivity index (χ2v) is 4.23. The zero-order chi connectivity index (χ0) is 14.4. The van der Waals surface area contributed by atoms with Gasteiger partial charge in [-0.3, -0.25) is 0 Å². The van der Waals surface area contributed by atoms with Gasteiger partial charge in [0.05, 0.1) is 13.7 Å². The van der Waals surface area contributed by atoms with Crippen molar-refractivity contribution in [3.05, 3.63) is 29.8 Å². The summed E-state index contributed by atoms with van der Waals surface area (Å²) in [5.41, 5.74) is 0.783. The number of hydrogen-bond donors (Lipinski definition) is 1. The lowest BCUT2D eigenvalue weighted by Crippen LogP contribution is -2.21. The molecule has 20 heavy (non-hydrogen) atoms. The Balaban J connectivity index is 1.98. The van der Waals surface area contributed by atoms with Crippen molar-refractivity contribution in [3.8, 4) is 5.75 Å². The molecule has 108 valence electrons. The molecule has 6 heteroatoms. The molecule has 0 aromatic heterocycles. The van der Waals surface area contributed by atoms with Crippen LogP contribution in [0.15, 0.2) is 29.3 Å². The van der Waals surface area contributed by atoms with Crippen LogP contribution in [0.5, 0.6) is 5.75 Å². The van der Waals surface area contributed by atoms with E-state index in [0.29, 0.717) is 24.7 Å². The molecule has 1 N–H and O–H groups in total. The Bertz CT molecular complexity index is 483. The predicted molar refractivity (Wildman–Crippen MR) is 71.9 cm³/mol. The minimum atomic E-state index is -0.588. The highest BCUT2D eigenvalue weighted by Gasteiger charge is 2.27. The van der Waals surface area contributed by atoms with E-state index >= 15 is 0 Å². The van der Waals surface area contributed by atoms with Crippen LogP contribution in [-0.2, 0) is 14.3 Å². The fourth-order valence-corrected chi connectivity index (χ4v) is 1.74. The van der Waals surface area contributed by atoms with Gasteiger partial charge in [0.1, 0.15) is 12.4 Å². The van der Waals surface area contributed by atoms with Gasteiger partial charge in [-0.05, 0) is 24.3 Å². The highest BCUT2D eigenvalue weighted by molar-refractivity contribution is 5.97. The van der Waals surface area contributed by atoms with E-state index in [1.165, 1.54) is 7.11 Å². The number of esters is 1. The maximum atomic E-state index is 11.3. The lowest BCUT2D eigenvalue weighted by Gasteiger charge is -2.06. The smallest absolute Gasteiger partial charge is 0.334 e. The van der Waals surface area contributed by atoms with Crippen molar-refractivity contribution in [2.45, 2.75) is 12.5 Å². The van der Waals surface area contributed by atoms with Crippen LogP contribution in [0.4, 0.5) is 0 Å². The van der Waals surface area contributed by atoms with Gasteiger partial charge >= 0.3 is 5.97 Å². The Morgan fingerprint density at radius 1 is 1.45 bits per heavy atom. The second kappa shape index (κ2) is 6.91. The monoisotopic (exact) mass is 279 g/mol. The summed E-state index contributed by atoms with van der Waals surface area (Å²) in [5, 5.41) is 8.67. The third-order valence-electron chi connectivity index (χ3n) is 2.80. The van der Waals surface area contributed by atoms with Crippen LogP contribution in [-0.4, -0.2) is 49.9 Å². The third kappa shape index (κ3) is 3.48. The van der Waals surface area contributed by atoms with E-state index in [1.807, 2.05) is 12.1 Å². The summed E-state index contributed by atoms with van der Waals surface area (Å²) in [6.45, 7) is 0.784. The number of carbonyl (C=O) groups is 1. The molecular weight excluding hydrogens is 262 g/mol. The maximum Gasteiger partial charge on any atom is 0.334 e. The van der Waals surface area contributed by atoms with Crippen molar-refractivity contribution in [1.82, 2.24) is 0 Å². The third-order valence-corrected chi connectivity index (χ3v) is 2.80. The number of aliphatic hydroxyl groups excluding tert-OH is 1. The van der Waals surface area contributed by atoms with Crippen molar-refractivity contribution in [2.24, 2.45) is 4.99 Å². The van der Waals surface area contributed by atoms with Gasteiger partial charge in [-0.1, -0.05) is 0 Å². The van der Waals surface area contributed by atoms with Crippen LogP contribution in [0.2, 0.25) is 0 Å². The molecule has 1 aliphatic rings. The first kappa shape index (κ1) is 14.3. The van der Waals surface area contributed by atoms with E-state index in [4.69, 9.17) is 14.6 Å². The van der Waals surface area contributed by atoms with Crippen molar-refractivity contribution in [3.63, 3.8) is 0 Å². The van der Waals surface area contributed by atoms with Gasteiger partial charge in [-0.2, -0.15) is 0 Å². The lowest BCUT2D eigenvalue weighted by atomic mass is 10.2. The van der Waals surface area contributed by atoms with Crippen molar-refractivity contribution in [1.29, 1.82) is 0 Å². The molecule has 1 unspecified atom stereocenters. The Morgan fingerprint density at radius 3 is 2.85 bits per heavy atom. The zero-order valence-corrected chi connectivity index (χ0v) is 11.2. The zero-order valence-electron chi connectivity index (χ0n) is 11.2. The molecule has 1 heterocycles. The molecule has 1 aromatic rings. The summed E-state index contributed by atoms with van der Waals surface area (Å²) in [6.07, 6.45) is 0.596. The molecular formula is C14H17NO5. The highest BCUT2D eigenvalue weighted by atomic mass is 16.5. The molecule has 0 bridgehead atoms. The van der Waals surface area contributed by atoms with Gasteiger partial charge in [-0.15, -0.1) is 0 Å². The van der Waals surface area contributed by atoms with Crippen molar-refractivity contribution < 1.29 is 24.1 Å². The van der Waals surface area contributed by atoms with Gasteiger partial charge in [0.15, 0.2) is 6.04 Å². The number of ether oxygens (including phenoxy) is 3. The molecule has 0 spiro atoms. The minimum Gasteiger partial charge on any atom is -0.494 e. The molecule has 0 aliphatic carbocycles. The van der Waals surface area contributed by atoms with Gasteiger partial charge in [0.25, 0.3) is 0 Å². The van der Waals surface area contributed by atoms with Gasteiger partial charge in [0, 0.05) is 18.6 Å². The summed E-state index contributed by atoms with van der Waals surface area (Å²) in [7, 11) is 1.33. The number of nitrogens with zero attached hydrogens (tertiary/aromatic N) is 1. The predicted octanol–water partition coefficient (Wildman–Crippen LogP) is 0.766. The molecule has 1 aliphatic heterocycles. The van der Waals surface area contributed by atoms with Crippen molar-refractivity contribution in [2.75, 3.05) is 26.9 Å². The molecule has 0 amide bonds. The first-order valence-corrected chi connectivity index (χ1v) is 6.37. The quantitative estimate of drug-likeness (QED) is 0.614. The van der Waals surface area contributed by atoms with E-state index in [-0.39, 0.29) is 13.2 Å². The summed E-state index contributed by atoms with van der Waals surface area (Å²) in [6, 6.07) is 6.63. The number of methoxy groups -OCH3 is 1. The Labute approximate surface area is 117 Å². The van der Waals surface area contributed by atoms with E-state index < -0.39 is 12.0 Å². The molecule has 6 nitrogen and oxygen atoms in total. The molecule has 1 aromatic carbocycles. The van der Waals surface area contributed by atoms with E-state index in [0.717, 1.165) is 5.56 Å². The summed E-state index contributed by atoms with van der Waals surface area (Å²) >= 11 is 0. The normalized spacial score (nSPS) is 17.3. The molecule has 0 radical (unpaired) electrons. The van der Waals surface area contributed by atoms with E-state index in [1.54, 1.807) is 12.1 Å². The van der Waals surface area contributed by atoms with Crippen molar-refractivity contribution >= 4 is 11.9 Å². The standard InChI is InChI=1S/C14H17NO5/c1-18-14(17)12-9-20-13(15-12)10-3-5-11(6-4-10)19-8-2-7-16/h3-6,12,16H,2,7-9H2,1H3. The highest BCUT2D eigenvalue weighted by Crippen LogP contribution is 2.17. The molecule has 0 saturated carbocycles. The molecule has 0 saturated heterocycles. The first-order valence-electron chi connectivity index (χ1n) is 6.37. The number of rotatable bonds is 6. The fourth-order valence-electron chi connectivity index (χ4n) is 1.74. The van der Waals surface area contributed by atoms with Gasteiger partial charge in [0.2, 0.25) is 5.90 Å². The van der Waals surface area contributed by atoms with Crippen LogP contribution in [0.25, 0.3) is 0 Å². The van der Waals surface area contributed by atoms with E-state index in [9.17, 15) is 4.79 Å². The lowest BCUT2D eigenvalue weighted by molar-refractivity contribution is -0.142. The van der Waals surface area contributed by atoms with Crippen LogP contribution in [0.3, 0.4) is 0 Å². The summed E-state index contributed by atoms with van der Waals surface area (Å²) < 4.78 is 15.4. The van der Waals surface area contributed by atoms with Crippen LogP contribution >= 0.6 is 0 Å². The number of carbonyl (C=O) groups excluding carboxylic acids is 1. The Kier molecular flexibility index (Phi) is 4.95. The average Bonchev–Trinajstić information content (AvgIpc) is 2.97. The minimum absolute atomic E-state index is 0.109. The van der Waals surface area contributed by atoms with Crippen LogP contribution < -0.4 is 4.74 Å². The fraction of sp³-hybridized carbons (Fsp3) is 0.429. The number of aliphatic imine (C=N–C) groups is 1. The SMILES string of the molecule is COC(=O)C1COC(c2ccc(OCCCO)cc2)=N1. The Morgan fingerprint density at radius 2 is 2.20 bits per heavy atom. The summed E-state index contributed by atoms with van der Waals surface area (Å²) in [4.78, 5) is 15.5. The average molecular weight is 279 g/mol. The first-order chi connectivity index (χ1) is 9.74. The maximum absolute atomic E-state index is 11.3. The summed E-state index contributed by atoms with van der Waals surface area (Å²) in [5.74, 6) is 0.747. The molecule has 2 rings (SSSR count). The van der Waals surface area contributed by atoms with Gasteiger partial charge in [-0.25, -0.2) is 9.79 Å². The van der Waals surface area contributed by atoms with Gasteiger partial charge < -0.3 is 19.3 Å². The number of hydrogen-bond acceptors (Lipinski definition) is 6. The number of benzene rings is 1.